The van der Waals surface area contributed by atoms with Crippen molar-refractivity contribution in [1.82, 2.24) is 9.78 Å². The maximum Gasteiger partial charge on any atom is 0.125 e. The molecule has 0 aliphatic heterocycles. The Morgan fingerprint density at radius 3 is 3.00 bits per heavy atom. The van der Waals surface area contributed by atoms with Crippen molar-refractivity contribution in [3.8, 4) is 10.6 Å². The lowest BCUT2D eigenvalue weighted by atomic mass is 10.2. The van der Waals surface area contributed by atoms with Crippen LogP contribution in [0.25, 0.3) is 10.6 Å². The molecule has 2 aromatic heterocycles. The highest BCUT2D eigenvalue weighted by atomic mass is 32.1. The second-order valence-corrected chi connectivity index (χ2v) is 5.49. The van der Waals surface area contributed by atoms with Crippen LogP contribution in [0.1, 0.15) is 13.3 Å². The fraction of sp³-hybridized carbons (Fsp3) is 0.500. The maximum absolute atomic E-state index is 9.17. The van der Waals surface area contributed by atoms with Crippen molar-refractivity contribution in [1.29, 1.82) is 0 Å². The highest BCUT2D eigenvalue weighted by Crippen LogP contribution is 2.26. The van der Waals surface area contributed by atoms with Crippen molar-refractivity contribution in [2.75, 3.05) is 25.6 Å². The van der Waals surface area contributed by atoms with E-state index in [0.717, 1.165) is 22.8 Å². The monoisotopic (exact) mass is 295 g/mol. The molecule has 2 N–H and O–H groups in total. The first-order valence-corrected chi connectivity index (χ1v) is 7.64. The van der Waals surface area contributed by atoms with Gasteiger partial charge in [-0.05, 0) is 17.9 Å². The molecule has 2 heterocycles. The van der Waals surface area contributed by atoms with Crippen LogP contribution < -0.4 is 5.32 Å². The van der Waals surface area contributed by atoms with Crippen LogP contribution in [0, 0.1) is 0 Å². The molecular weight excluding hydrogens is 274 g/mol. The number of ether oxygens (including phenoxy) is 1. The molecule has 6 heteroatoms. The molecule has 0 amide bonds. The summed E-state index contributed by atoms with van der Waals surface area (Å²) >= 11 is 1.66. The number of aromatic nitrogens is 2. The number of methoxy groups -OCH3 is 1. The molecular formula is C14H21N3O2S. The van der Waals surface area contributed by atoms with Gasteiger partial charge in [0.2, 0.25) is 0 Å². The Morgan fingerprint density at radius 1 is 1.55 bits per heavy atom. The Kier molecular flexibility index (Phi) is 5.58. The third-order valence-corrected chi connectivity index (χ3v) is 3.97. The van der Waals surface area contributed by atoms with E-state index < -0.39 is 0 Å². The second kappa shape index (κ2) is 7.42. The predicted molar refractivity (Wildman–Crippen MR) is 82.2 cm³/mol. The lowest BCUT2D eigenvalue weighted by Gasteiger charge is -2.17. The van der Waals surface area contributed by atoms with Crippen LogP contribution in [0.2, 0.25) is 0 Å². The van der Waals surface area contributed by atoms with Crippen LogP contribution in [0.15, 0.2) is 23.6 Å². The van der Waals surface area contributed by atoms with Gasteiger partial charge in [-0.2, -0.15) is 5.10 Å². The summed E-state index contributed by atoms with van der Waals surface area (Å²) in [6.45, 7) is 3.32. The average molecular weight is 295 g/mol. The maximum atomic E-state index is 9.17. The minimum atomic E-state index is 0.0707. The highest BCUT2D eigenvalue weighted by molar-refractivity contribution is 7.13. The van der Waals surface area contributed by atoms with Gasteiger partial charge in [0.15, 0.2) is 0 Å². The number of hydrogen-bond donors (Lipinski definition) is 2. The molecule has 1 atom stereocenters. The second-order valence-electron chi connectivity index (χ2n) is 4.54. The molecule has 0 aliphatic carbocycles. The zero-order valence-electron chi connectivity index (χ0n) is 11.9. The summed E-state index contributed by atoms with van der Waals surface area (Å²) in [6, 6.07) is 6.33. The number of rotatable bonds is 8. The number of aliphatic hydroxyl groups excluding tert-OH is 1. The van der Waals surface area contributed by atoms with Crippen molar-refractivity contribution in [3.63, 3.8) is 0 Å². The Bertz CT molecular complexity index is 510. The largest absolute Gasteiger partial charge is 0.394 e. The van der Waals surface area contributed by atoms with Crippen molar-refractivity contribution in [2.45, 2.75) is 25.9 Å². The number of nitrogens with one attached hydrogen (secondary N) is 1. The number of thiophene rings is 1. The Balaban J connectivity index is 2.21. The van der Waals surface area contributed by atoms with E-state index in [0.29, 0.717) is 13.2 Å². The Labute approximate surface area is 123 Å². The smallest absolute Gasteiger partial charge is 0.125 e. The summed E-state index contributed by atoms with van der Waals surface area (Å²) in [7, 11) is 1.70. The summed E-state index contributed by atoms with van der Waals surface area (Å²) in [5.41, 5.74) is 0.934. The van der Waals surface area contributed by atoms with E-state index in [1.165, 1.54) is 0 Å². The van der Waals surface area contributed by atoms with Crippen LogP contribution >= 0.6 is 11.3 Å². The number of nitrogens with zero attached hydrogens (tertiary/aromatic N) is 2. The zero-order valence-corrected chi connectivity index (χ0v) is 12.7. The number of aliphatic hydroxyl groups is 1. The molecule has 0 aliphatic rings. The molecule has 0 spiro atoms. The Hall–Kier alpha value is -1.37. The predicted octanol–water partition coefficient (Wildman–Crippen LogP) is 2.44. The molecule has 20 heavy (non-hydrogen) atoms. The van der Waals surface area contributed by atoms with Gasteiger partial charge < -0.3 is 15.2 Å². The molecule has 0 aromatic carbocycles. The molecule has 5 nitrogen and oxygen atoms in total. The number of hydrogen-bond acceptors (Lipinski definition) is 5. The molecule has 2 rings (SSSR count). The lowest BCUT2D eigenvalue weighted by Crippen LogP contribution is -2.25. The zero-order chi connectivity index (χ0) is 14.4. The standard InChI is InChI=1S/C14H21N3O2S/c1-3-11(10-19-2)15-14-9-12(13-5-4-8-20-13)16-17(14)6-7-18/h4-5,8-9,11,15,18H,3,6-7,10H2,1-2H3. The van der Waals surface area contributed by atoms with Gasteiger partial charge in [0.05, 0.1) is 30.7 Å². The topological polar surface area (TPSA) is 59.3 Å². The van der Waals surface area contributed by atoms with Gasteiger partial charge >= 0.3 is 0 Å². The van der Waals surface area contributed by atoms with Crippen LogP contribution in [0.3, 0.4) is 0 Å². The summed E-state index contributed by atoms with van der Waals surface area (Å²) < 4.78 is 7.02. The Morgan fingerprint density at radius 2 is 2.40 bits per heavy atom. The first-order chi connectivity index (χ1) is 9.78. The van der Waals surface area contributed by atoms with Crippen molar-refractivity contribution < 1.29 is 9.84 Å². The van der Waals surface area contributed by atoms with Gasteiger partial charge in [0.1, 0.15) is 11.5 Å². The molecule has 0 bridgehead atoms. The van der Waals surface area contributed by atoms with Crippen LogP contribution in [0.4, 0.5) is 5.82 Å². The molecule has 0 radical (unpaired) electrons. The lowest BCUT2D eigenvalue weighted by molar-refractivity contribution is 0.184. The third-order valence-electron chi connectivity index (χ3n) is 3.08. The summed E-state index contributed by atoms with van der Waals surface area (Å²) in [4.78, 5) is 1.13. The molecule has 1 unspecified atom stereocenters. The van der Waals surface area contributed by atoms with E-state index in [-0.39, 0.29) is 12.6 Å². The van der Waals surface area contributed by atoms with Gasteiger partial charge in [0.25, 0.3) is 0 Å². The highest BCUT2D eigenvalue weighted by Gasteiger charge is 2.13. The molecule has 0 fully saturated rings. The summed E-state index contributed by atoms with van der Waals surface area (Å²) in [5, 5.41) is 19.2. The van der Waals surface area contributed by atoms with Crippen LogP contribution in [-0.4, -0.2) is 41.3 Å². The summed E-state index contributed by atoms with van der Waals surface area (Å²) in [6.07, 6.45) is 0.965. The van der Waals surface area contributed by atoms with E-state index in [1.54, 1.807) is 18.4 Å². The minimum Gasteiger partial charge on any atom is -0.394 e. The average Bonchev–Trinajstić information content (AvgIpc) is 3.08. The normalized spacial score (nSPS) is 12.6. The first kappa shape index (κ1) is 15.0. The van der Waals surface area contributed by atoms with E-state index in [9.17, 15) is 0 Å². The van der Waals surface area contributed by atoms with Gasteiger partial charge in [-0.3, -0.25) is 0 Å². The summed E-state index contributed by atoms with van der Waals surface area (Å²) in [5.74, 6) is 0.923. The fourth-order valence-corrected chi connectivity index (χ4v) is 2.70. The quantitative estimate of drug-likeness (QED) is 0.785. The van der Waals surface area contributed by atoms with E-state index in [1.807, 2.05) is 28.3 Å². The number of anilines is 1. The van der Waals surface area contributed by atoms with Crippen molar-refractivity contribution >= 4 is 17.2 Å². The molecule has 0 saturated carbocycles. The molecule has 110 valence electrons. The minimum absolute atomic E-state index is 0.0707. The van der Waals surface area contributed by atoms with Crippen LogP contribution in [-0.2, 0) is 11.3 Å². The third kappa shape index (κ3) is 3.59. The molecule has 0 saturated heterocycles. The van der Waals surface area contributed by atoms with Gasteiger partial charge in [0, 0.05) is 13.2 Å². The van der Waals surface area contributed by atoms with Crippen molar-refractivity contribution in [3.05, 3.63) is 23.6 Å². The fourth-order valence-electron chi connectivity index (χ4n) is 2.01. The molecule has 2 aromatic rings. The van der Waals surface area contributed by atoms with Gasteiger partial charge in [-0.1, -0.05) is 13.0 Å². The van der Waals surface area contributed by atoms with Gasteiger partial charge in [-0.25, -0.2) is 4.68 Å². The van der Waals surface area contributed by atoms with E-state index in [2.05, 4.69) is 17.3 Å². The van der Waals surface area contributed by atoms with Gasteiger partial charge in [-0.15, -0.1) is 11.3 Å². The SMILES string of the molecule is CCC(COC)Nc1cc(-c2cccs2)nn1CCO. The van der Waals surface area contributed by atoms with Crippen molar-refractivity contribution in [2.24, 2.45) is 0 Å². The van der Waals surface area contributed by atoms with Crippen LogP contribution in [0.5, 0.6) is 0 Å². The van der Waals surface area contributed by atoms with E-state index in [4.69, 9.17) is 9.84 Å². The first-order valence-electron chi connectivity index (χ1n) is 6.76. The van der Waals surface area contributed by atoms with E-state index >= 15 is 0 Å².